The Balaban J connectivity index is 1.74. The van der Waals surface area contributed by atoms with E-state index >= 15 is 0 Å². The van der Waals surface area contributed by atoms with Crippen LogP contribution >= 0.6 is 0 Å². The number of carbonyl (C=O) groups is 1. The van der Waals surface area contributed by atoms with Crippen molar-refractivity contribution in [2.75, 3.05) is 43.4 Å². The Morgan fingerprint density at radius 1 is 1.19 bits per heavy atom. The number of aromatic nitrogens is 2. The molecule has 138 valence electrons. The van der Waals surface area contributed by atoms with Crippen LogP contribution < -0.4 is 10.2 Å². The minimum atomic E-state index is -0.516. The van der Waals surface area contributed by atoms with Gasteiger partial charge in [-0.3, -0.25) is 4.79 Å². The van der Waals surface area contributed by atoms with Gasteiger partial charge in [0, 0.05) is 33.2 Å². The van der Waals surface area contributed by atoms with Crippen LogP contribution in [0.5, 0.6) is 0 Å². The lowest BCUT2D eigenvalue weighted by Gasteiger charge is -2.22. The molecule has 2 aromatic rings. The Hall–Kier alpha value is -2.77. The fourth-order valence-electron chi connectivity index (χ4n) is 2.99. The second-order valence-electron chi connectivity index (χ2n) is 6.19. The second kappa shape index (κ2) is 7.63. The summed E-state index contributed by atoms with van der Waals surface area (Å²) in [5.74, 6) is -0.762. The lowest BCUT2D eigenvalue weighted by molar-refractivity contribution is 0.0762. The fourth-order valence-corrected chi connectivity index (χ4v) is 2.99. The van der Waals surface area contributed by atoms with E-state index < -0.39 is 11.6 Å². The van der Waals surface area contributed by atoms with E-state index in [4.69, 9.17) is 0 Å². The zero-order valence-corrected chi connectivity index (χ0v) is 14.8. The van der Waals surface area contributed by atoms with Gasteiger partial charge in [-0.2, -0.15) is 4.98 Å². The van der Waals surface area contributed by atoms with Crippen molar-refractivity contribution in [3.05, 3.63) is 47.2 Å². The Labute approximate surface area is 150 Å². The predicted molar refractivity (Wildman–Crippen MR) is 95.4 cm³/mol. The molecule has 2 heterocycles. The average molecular weight is 361 g/mol. The molecular weight excluding hydrogens is 340 g/mol. The van der Waals surface area contributed by atoms with E-state index in [-0.39, 0.29) is 17.3 Å². The second-order valence-corrected chi connectivity index (χ2v) is 6.19. The summed E-state index contributed by atoms with van der Waals surface area (Å²) in [7, 11) is 1.59. The zero-order valence-electron chi connectivity index (χ0n) is 14.8. The minimum absolute atomic E-state index is 0.0916. The lowest BCUT2D eigenvalue weighted by Crippen LogP contribution is -2.36. The van der Waals surface area contributed by atoms with Crippen LogP contribution in [0.15, 0.2) is 24.4 Å². The molecule has 1 fully saturated rings. The number of anilines is 2. The summed E-state index contributed by atoms with van der Waals surface area (Å²) >= 11 is 0. The van der Waals surface area contributed by atoms with Crippen LogP contribution in [0.3, 0.4) is 0 Å². The summed E-state index contributed by atoms with van der Waals surface area (Å²) < 4.78 is 27.8. The SMILES string of the molecule is CNc1nc(N2CCCN(C(=O)c3cccc(C)c3F)CC2)ncc1F. The number of aryl methyl sites for hydroxylation is 1. The van der Waals surface area contributed by atoms with Gasteiger partial charge in [0.05, 0.1) is 11.8 Å². The summed E-state index contributed by atoms with van der Waals surface area (Å²) in [5.41, 5.74) is 0.542. The van der Waals surface area contributed by atoms with Crippen LogP contribution in [0, 0.1) is 18.6 Å². The summed E-state index contributed by atoms with van der Waals surface area (Å²) in [6.07, 6.45) is 1.82. The van der Waals surface area contributed by atoms with Gasteiger partial charge in [-0.25, -0.2) is 13.8 Å². The molecule has 3 rings (SSSR count). The molecule has 26 heavy (non-hydrogen) atoms. The van der Waals surface area contributed by atoms with Gasteiger partial charge >= 0.3 is 0 Å². The number of nitrogens with one attached hydrogen (secondary N) is 1. The molecule has 0 saturated carbocycles. The number of nitrogens with zero attached hydrogens (tertiary/aromatic N) is 4. The minimum Gasteiger partial charge on any atom is -0.371 e. The Bertz CT molecular complexity index is 814. The van der Waals surface area contributed by atoms with Crippen molar-refractivity contribution in [3.63, 3.8) is 0 Å². The number of carbonyl (C=O) groups excluding carboxylic acids is 1. The van der Waals surface area contributed by atoms with Crippen LogP contribution in [0.4, 0.5) is 20.5 Å². The molecule has 1 saturated heterocycles. The molecule has 1 amide bonds. The Morgan fingerprint density at radius 3 is 2.77 bits per heavy atom. The maximum atomic E-state index is 14.3. The van der Waals surface area contributed by atoms with Gasteiger partial charge in [0.15, 0.2) is 11.6 Å². The van der Waals surface area contributed by atoms with Gasteiger partial charge in [-0.05, 0) is 25.0 Å². The summed E-state index contributed by atoms with van der Waals surface area (Å²) in [6.45, 7) is 3.70. The third kappa shape index (κ3) is 3.58. The van der Waals surface area contributed by atoms with Gasteiger partial charge in [0.25, 0.3) is 5.91 Å². The van der Waals surface area contributed by atoms with Gasteiger partial charge in [0.1, 0.15) is 5.82 Å². The standard InChI is InChI=1S/C18H21F2N5O/c1-12-5-3-6-13(15(12)20)17(26)24-7-4-8-25(10-9-24)18-22-11-14(19)16(21-2)23-18/h3,5-6,11H,4,7-10H2,1-2H3,(H,21,22,23). The number of halogens is 2. The number of amides is 1. The highest BCUT2D eigenvalue weighted by Gasteiger charge is 2.24. The van der Waals surface area contributed by atoms with Crippen molar-refractivity contribution < 1.29 is 13.6 Å². The molecule has 1 aliphatic heterocycles. The topological polar surface area (TPSA) is 61.4 Å². The van der Waals surface area contributed by atoms with E-state index in [0.29, 0.717) is 44.1 Å². The molecule has 1 aliphatic rings. The lowest BCUT2D eigenvalue weighted by atomic mass is 10.1. The van der Waals surface area contributed by atoms with Crippen molar-refractivity contribution in [2.45, 2.75) is 13.3 Å². The summed E-state index contributed by atoms with van der Waals surface area (Å²) in [5, 5.41) is 2.69. The molecule has 0 atom stereocenters. The van der Waals surface area contributed by atoms with Gasteiger partial charge in [-0.1, -0.05) is 12.1 Å². The van der Waals surface area contributed by atoms with Gasteiger partial charge < -0.3 is 15.1 Å². The van der Waals surface area contributed by atoms with Crippen molar-refractivity contribution in [1.29, 1.82) is 0 Å². The van der Waals surface area contributed by atoms with Crippen molar-refractivity contribution in [3.8, 4) is 0 Å². The number of hydrogen-bond donors (Lipinski definition) is 1. The van der Waals surface area contributed by atoms with Crippen LogP contribution in [-0.2, 0) is 0 Å². The molecular formula is C18H21F2N5O. The van der Waals surface area contributed by atoms with Crippen LogP contribution in [-0.4, -0.2) is 54.0 Å². The van der Waals surface area contributed by atoms with E-state index in [1.807, 2.05) is 4.90 Å². The van der Waals surface area contributed by atoms with E-state index in [1.165, 1.54) is 6.07 Å². The van der Waals surface area contributed by atoms with Crippen molar-refractivity contribution >= 4 is 17.7 Å². The molecule has 1 aromatic heterocycles. The van der Waals surface area contributed by atoms with Gasteiger partial charge in [-0.15, -0.1) is 0 Å². The molecule has 1 aromatic carbocycles. The third-order valence-electron chi connectivity index (χ3n) is 4.46. The first-order valence-corrected chi connectivity index (χ1v) is 8.51. The number of rotatable bonds is 3. The molecule has 1 N–H and O–H groups in total. The summed E-state index contributed by atoms with van der Waals surface area (Å²) in [6, 6.07) is 4.83. The van der Waals surface area contributed by atoms with Gasteiger partial charge in [0.2, 0.25) is 5.95 Å². The normalized spacial score (nSPS) is 14.9. The number of benzene rings is 1. The number of hydrogen-bond acceptors (Lipinski definition) is 5. The molecule has 0 bridgehead atoms. The Kier molecular flexibility index (Phi) is 5.29. The summed E-state index contributed by atoms with van der Waals surface area (Å²) in [4.78, 5) is 24.5. The Morgan fingerprint density at radius 2 is 2.00 bits per heavy atom. The zero-order chi connectivity index (χ0) is 18.7. The van der Waals surface area contributed by atoms with E-state index in [1.54, 1.807) is 31.0 Å². The molecule has 0 radical (unpaired) electrons. The first kappa shape index (κ1) is 18.0. The smallest absolute Gasteiger partial charge is 0.256 e. The maximum Gasteiger partial charge on any atom is 0.256 e. The highest BCUT2D eigenvalue weighted by molar-refractivity contribution is 5.94. The fraction of sp³-hybridized carbons (Fsp3) is 0.389. The van der Waals surface area contributed by atoms with E-state index in [2.05, 4.69) is 15.3 Å². The third-order valence-corrected chi connectivity index (χ3v) is 4.46. The molecule has 0 unspecified atom stereocenters. The van der Waals surface area contributed by atoms with E-state index in [9.17, 15) is 13.6 Å². The highest BCUT2D eigenvalue weighted by Crippen LogP contribution is 2.19. The monoisotopic (exact) mass is 361 g/mol. The first-order chi connectivity index (χ1) is 12.5. The molecule has 0 aliphatic carbocycles. The van der Waals surface area contributed by atoms with E-state index in [0.717, 1.165) is 6.20 Å². The molecule has 0 spiro atoms. The van der Waals surface area contributed by atoms with Crippen molar-refractivity contribution in [1.82, 2.24) is 14.9 Å². The quantitative estimate of drug-likeness (QED) is 0.910. The van der Waals surface area contributed by atoms with Crippen molar-refractivity contribution in [2.24, 2.45) is 0 Å². The molecule has 8 heteroatoms. The highest BCUT2D eigenvalue weighted by atomic mass is 19.1. The molecule has 6 nitrogen and oxygen atoms in total. The predicted octanol–water partition coefficient (Wildman–Crippen LogP) is 2.46. The average Bonchev–Trinajstić information content (AvgIpc) is 2.90. The first-order valence-electron chi connectivity index (χ1n) is 8.51. The van der Waals surface area contributed by atoms with Crippen LogP contribution in [0.25, 0.3) is 0 Å². The van der Waals surface area contributed by atoms with Crippen LogP contribution in [0.2, 0.25) is 0 Å². The maximum absolute atomic E-state index is 14.3. The van der Waals surface area contributed by atoms with Crippen LogP contribution in [0.1, 0.15) is 22.3 Å². The largest absolute Gasteiger partial charge is 0.371 e.